The summed E-state index contributed by atoms with van der Waals surface area (Å²) in [5, 5.41) is 2.80. The maximum atomic E-state index is 12.2. The minimum atomic E-state index is -0.267. The zero-order chi connectivity index (χ0) is 21.7. The third kappa shape index (κ3) is 5.20. The molecule has 0 atom stereocenters. The van der Waals surface area contributed by atoms with Crippen molar-refractivity contribution >= 4 is 51.9 Å². The fourth-order valence-electron chi connectivity index (χ4n) is 2.75. The van der Waals surface area contributed by atoms with Gasteiger partial charge in [0.25, 0.3) is 11.8 Å². The molecule has 6 nitrogen and oxygen atoms in total. The maximum absolute atomic E-state index is 12.2. The van der Waals surface area contributed by atoms with Gasteiger partial charge in [0.15, 0.2) is 18.1 Å². The molecule has 0 radical (unpaired) electrons. The predicted molar refractivity (Wildman–Crippen MR) is 124 cm³/mol. The van der Waals surface area contributed by atoms with E-state index in [9.17, 15) is 9.59 Å². The summed E-state index contributed by atoms with van der Waals surface area (Å²) in [5.74, 6) is 0.509. The van der Waals surface area contributed by atoms with E-state index in [1.807, 2.05) is 24.3 Å². The van der Waals surface area contributed by atoms with Crippen molar-refractivity contribution in [1.82, 2.24) is 4.90 Å². The van der Waals surface area contributed by atoms with Crippen molar-refractivity contribution < 1.29 is 19.1 Å². The van der Waals surface area contributed by atoms with Crippen molar-refractivity contribution in [1.29, 1.82) is 0 Å². The van der Waals surface area contributed by atoms with E-state index in [0.717, 1.165) is 17.7 Å². The molecule has 2 aromatic rings. The Hall–Kier alpha value is -2.84. The molecule has 0 bridgehead atoms. The van der Waals surface area contributed by atoms with Crippen LogP contribution in [0, 0.1) is 0 Å². The first-order valence-corrected chi connectivity index (χ1v) is 10.5. The maximum Gasteiger partial charge on any atom is 0.265 e. The van der Waals surface area contributed by atoms with Crippen LogP contribution in [0.15, 0.2) is 47.4 Å². The highest BCUT2D eigenvalue weighted by Gasteiger charge is 2.28. The lowest BCUT2D eigenvalue weighted by molar-refractivity contribution is -0.121. The summed E-state index contributed by atoms with van der Waals surface area (Å²) in [6.07, 6.45) is 2.70. The van der Waals surface area contributed by atoms with Crippen molar-refractivity contribution in [3.63, 3.8) is 0 Å². The minimum absolute atomic E-state index is 0.132. The lowest BCUT2D eigenvalue weighted by Crippen LogP contribution is -2.22. The van der Waals surface area contributed by atoms with Gasteiger partial charge in [-0.15, -0.1) is 0 Å². The average Bonchev–Trinajstić information content (AvgIpc) is 2.99. The van der Waals surface area contributed by atoms with Gasteiger partial charge < -0.3 is 14.8 Å². The number of carbonyl (C=O) groups excluding carboxylic acids is 2. The Kier molecular flexibility index (Phi) is 7.12. The molecule has 1 aliphatic heterocycles. The second kappa shape index (κ2) is 9.77. The third-order valence-electron chi connectivity index (χ3n) is 4.48. The minimum Gasteiger partial charge on any atom is -0.493 e. The molecule has 0 spiro atoms. The number of likely N-dealkylation sites (N-methyl/N-ethyl adjacent to an activating group) is 1. The first-order valence-electron chi connectivity index (χ1n) is 9.32. The van der Waals surface area contributed by atoms with E-state index in [1.165, 1.54) is 29.3 Å². The van der Waals surface area contributed by atoms with Gasteiger partial charge in [-0.2, -0.15) is 0 Å². The number of carbonyl (C=O) groups is 2. The Morgan fingerprint density at radius 1 is 1.20 bits per heavy atom. The van der Waals surface area contributed by atoms with E-state index >= 15 is 0 Å². The van der Waals surface area contributed by atoms with Gasteiger partial charge in [-0.1, -0.05) is 49.1 Å². The lowest BCUT2D eigenvalue weighted by Gasteiger charge is -2.12. The summed E-state index contributed by atoms with van der Waals surface area (Å²) in [6.45, 7) is 1.92. The number of aryl methyl sites for hydroxylation is 1. The standard InChI is InChI=1S/C22H22N2O4S2/c1-4-14-5-8-16(9-6-14)23-20(25)13-28-17-10-7-15(11-18(17)27-3)12-19-21(26)24(2)22(29)30-19/h5-12H,4,13H2,1-3H3,(H,23,25)/b19-12+. The number of amides is 2. The van der Waals surface area contributed by atoms with Gasteiger partial charge in [0.2, 0.25) is 0 Å². The number of hydrogen-bond acceptors (Lipinski definition) is 6. The summed E-state index contributed by atoms with van der Waals surface area (Å²) in [7, 11) is 3.17. The van der Waals surface area contributed by atoms with Gasteiger partial charge in [-0.05, 0) is 47.9 Å². The molecule has 0 aliphatic carbocycles. The Morgan fingerprint density at radius 2 is 1.93 bits per heavy atom. The van der Waals surface area contributed by atoms with Crippen molar-refractivity contribution in [3.8, 4) is 11.5 Å². The molecule has 2 aromatic carbocycles. The number of ether oxygens (including phenoxy) is 2. The van der Waals surface area contributed by atoms with Crippen LogP contribution in [-0.2, 0) is 16.0 Å². The highest BCUT2D eigenvalue weighted by atomic mass is 32.2. The molecular weight excluding hydrogens is 420 g/mol. The van der Waals surface area contributed by atoms with E-state index in [1.54, 1.807) is 31.3 Å². The summed E-state index contributed by atoms with van der Waals surface area (Å²) in [4.78, 5) is 26.3. The number of nitrogens with zero attached hydrogens (tertiary/aromatic N) is 1. The van der Waals surface area contributed by atoms with Gasteiger partial charge in [0, 0.05) is 12.7 Å². The number of thiocarbonyl (C=S) groups is 1. The number of benzene rings is 2. The normalized spacial score (nSPS) is 14.9. The van der Waals surface area contributed by atoms with E-state index in [4.69, 9.17) is 21.7 Å². The van der Waals surface area contributed by atoms with Crippen LogP contribution in [0.25, 0.3) is 6.08 Å². The van der Waals surface area contributed by atoms with Crippen molar-refractivity contribution in [2.24, 2.45) is 0 Å². The van der Waals surface area contributed by atoms with Gasteiger partial charge in [0.05, 0.1) is 12.0 Å². The zero-order valence-electron chi connectivity index (χ0n) is 16.9. The molecule has 1 saturated heterocycles. The molecule has 0 aromatic heterocycles. The second-order valence-corrected chi connectivity index (χ2v) is 8.21. The van der Waals surface area contributed by atoms with Crippen LogP contribution in [0.3, 0.4) is 0 Å². The number of methoxy groups -OCH3 is 1. The number of nitrogens with one attached hydrogen (secondary N) is 1. The fraction of sp³-hybridized carbons (Fsp3) is 0.227. The fourth-order valence-corrected chi connectivity index (χ4v) is 3.93. The quantitative estimate of drug-likeness (QED) is 0.514. The van der Waals surface area contributed by atoms with Gasteiger partial charge in [-0.25, -0.2) is 0 Å². The Morgan fingerprint density at radius 3 is 2.53 bits per heavy atom. The largest absolute Gasteiger partial charge is 0.493 e. The van der Waals surface area contributed by atoms with E-state index < -0.39 is 0 Å². The van der Waals surface area contributed by atoms with Crippen LogP contribution >= 0.6 is 24.0 Å². The van der Waals surface area contributed by atoms with Gasteiger partial charge >= 0.3 is 0 Å². The van der Waals surface area contributed by atoms with Crippen LogP contribution in [0.4, 0.5) is 5.69 Å². The number of thioether (sulfide) groups is 1. The molecule has 1 N–H and O–H groups in total. The average molecular weight is 443 g/mol. The van der Waals surface area contributed by atoms with Gasteiger partial charge in [0.1, 0.15) is 4.32 Å². The van der Waals surface area contributed by atoms with Crippen LogP contribution in [0.1, 0.15) is 18.1 Å². The molecule has 3 rings (SSSR count). The molecular formula is C22H22N2O4S2. The predicted octanol–water partition coefficient (Wildman–Crippen LogP) is 4.11. The van der Waals surface area contributed by atoms with Crippen LogP contribution in [0.5, 0.6) is 11.5 Å². The number of anilines is 1. The van der Waals surface area contributed by atoms with E-state index in [2.05, 4.69) is 12.2 Å². The van der Waals surface area contributed by atoms with E-state index in [0.29, 0.717) is 20.7 Å². The molecule has 0 saturated carbocycles. The Bertz CT molecular complexity index is 1000. The third-order valence-corrected chi connectivity index (χ3v) is 5.96. The summed E-state index contributed by atoms with van der Waals surface area (Å²) in [5.41, 5.74) is 2.69. The van der Waals surface area contributed by atoms with Crippen molar-refractivity contribution in [2.75, 3.05) is 26.1 Å². The summed E-state index contributed by atoms with van der Waals surface area (Å²) < 4.78 is 11.5. The first-order chi connectivity index (χ1) is 14.4. The molecule has 156 valence electrons. The van der Waals surface area contributed by atoms with Crippen LogP contribution < -0.4 is 14.8 Å². The topological polar surface area (TPSA) is 67.9 Å². The van der Waals surface area contributed by atoms with Gasteiger partial charge in [-0.3, -0.25) is 14.5 Å². The lowest BCUT2D eigenvalue weighted by atomic mass is 10.1. The Balaban J connectivity index is 1.64. The smallest absolute Gasteiger partial charge is 0.265 e. The molecule has 1 aliphatic rings. The monoisotopic (exact) mass is 442 g/mol. The highest BCUT2D eigenvalue weighted by Crippen LogP contribution is 2.34. The SMILES string of the molecule is CCc1ccc(NC(=O)COc2ccc(/C=C3/SC(=S)N(C)C3=O)cc2OC)cc1. The zero-order valence-corrected chi connectivity index (χ0v) is 18.6. The summed E-state index contributed by atoms with van der Waals surface area (Å²) >= 11 is 6.40. The summed E-state index contributed by atoms with van der Waals surface area (Å²) in [6, 6.07) is 12.9. The first kappa shape index (κ1) is 21.9. The van der Waals surface area contributed by atoms with E-state index in [-0.39, 0.29) is 18.4 Å². The van der Waals surface area contributed by atoms with Crippen molar-refractivity contribution in [2.45, 2.75) is 13.3 Å². The number of rotatable bonds is 7. The highest BCUT2D eigenvalue weighted by molar-refractivity contribution is 8.26. The molecule has 8 heteroatoms. The van der Waals surface area contributed by atoms with Crippen molar-refractivity contribution in [3.05, 3.63) is 58.5 Å². The Labute approximate surface area is 185 Å². The number of hydrogen-bond donors (Lipinski definition) is 1. The molecule has 30 heavy (non-hydrogen) atoms. The molecule has 1 fully saturated rings. The van der Waals surface area contributed by atoms with Crippen LogP contribution in [-0.4, -0.2) is 41.8 Å². The second-order valence-electron chi connectivity index (χ2n) is 6.54. The molecule has 0 unspecified atom stereocenters. The molecule has 2 amide bonds. The van der Waals surface area contributed by atoms with Crippen LogP contribution in [0.2, 0.25) is 0 Å². The molecule has 1 heterocycles.